The molecule has 0 atom stereocenters. The van der Waals surface area contributed by atoms with Crippen LogP contribution in [0.4, 0.5) is 0 Å². The molecule has 0 aromatic rings. The number of amides is 1. The normalized spacial score (nSPS) is 21.1. The van der Waals surface area contributed by atoms with Gasteiger partial charge in [-0.05, 0) is 25.8 Å². The van der Waals surface area contributed by atoms with Crippen molar-refractivity contribution in [3.05, 3.63) is 34.8 Å². The average molecular weight is 235 g/mol. The first kappa shape index (κ1) is 11.1. The second-order valence-corrected chi connectivity index (χ2v) is 4.26. The zero-order valence-electron chi connectivity index (χ0n) is 9.06. The number of nitrogens with zero attached hydrogens (tertiary/aromatic N) is 1. The lowest BCUT2D eigenvalue weighted by molar-refractivity contribution is -0.123. The summed E-state index contributed by atoms with van der Waals surface area (Å²) in [5, 5.41) is 10.8. The Morgan fingerprint density at radius 1 is 1.56 bits per heavy atom. The Kier molecular flexibility index (Phi) is 2.92. The van der Waals surface area contributed by atoms with Crippen LogP contribution >= 0.6 is 12.2 Å². The van der Waals surface area contributed by atoms with Gasteiger partial charge in [-0.1, -0.05) is 23.9 Å². The van der Waals surface area contributed by atoms with Gasteiger partial charge in [0.15, 0.2) is 0 Å². The number of aliphatic hydroxyl groups excluding tert-OH is 1. The smallest absolute Gasteiger partial charge is 0.263 e. The number of aliphatic hydroxyl groups is 1. The maximum absolute atomic E-state index is 11.9. The summed E-state index contributed by atoms with van der Waals surface area (Å²) in [5.74, 6) is -0.137. The third-order valence-corrected chi connectivity index (χ3v) is 3.05. The second-order valence-electron chi connectivity index (χ2n) is 4.03. The van der Waals surface area contributed by atoms with E-state index in [1.54, 1.807) is 4.90 Å². The highest BCUT2D eigenvalue weighted by molar-refractivity contribution is 7.79. The molecular weight excluding hydrogens is 222 g/mol. The van der Waals surface area contributed by atoms with Crippen LogP contribution in [0.2, 0.25) is 0 Å². The molecule has 0 saturated carbocycles. The molecule has 0 aromatic carbocycles. The summed E-state index contributed by atoms with van der Waals surface area (Å²) >= 11 is 4.72. The Morgan fingerprint density at radius 2 is 2.31 bits per heavy atom. The lowest BCUT2D eigenvalue weighted by Crippen LogP contribution is -2.26. The zero-order valence-corrected chi connectivity index (χ0v) is 9.88. The Morgan fingerprint density at radius 3 is 2.88 bits per heavy atom. The second kappa shape index (κ2) is 4.22. The zero-order chi connectivity index (χ0) is 11.7. The van der Waals surface area contributed by atoms with Crippen LogP contribution in [0.3, 0.4) is 0 Å². The van der Waals surface area contributed by atoms with Gasteiger partial charge in [0.05, 0.1) is 12.1 Å². The summed E-state index contributed by atoms with van der Waals surface area (Å²) in [6.45, 7) is 2.28. The average Bonchev–Trinajstić information content (AvgIpc) is 2.54. The topological polar surface area (TPSA) is 40.5 Å². The molecule has 0 fully saturated rings. The van der Waals surface area contributed by atoms with E-state index in [4.69, 9.17) is 12.2 Å². The van der Waals surface area contributed by atoms with Crippen molar-refractivity contribution in [3.63, 3.8) is 0 Å². The summed E-state index contributed by atoms with van der Waals surface area (Å²) < 4.78 is 0. The maximum atomic E-state index is 11.9. The van der Waals surface area contributed by atoms with Gasteiger partial charge in [0.2, 0.25) is 0 Å². The molecule has 2 aliphatic rings. The van der Waals surface area contributed by atoms with Crippen LogP contribution in [-0.2, 0) is 4.79 Å². The Balaban J connectivity index is 2.25. The van der Waals surface area contributed by atoms with E-state index in [2.05, 4.69) is 0 Å². The molecule has 0 spiro atoms. The van der Waals surface area contributed by atoms with E-state index in [0.717, 1.165) is 18.5 Å². The molecule has 3 nitrogen and oxygen atoms in total. The molecule has 0 bridgehead atoms. The largest absolute Gasteiger partial charge is 0.510 e. The fourth-order valence-electron chi connectivity index (χ4n) is 1.92. The third kappa shape index (κ3) is 1.80. The van der Waals surface area contributed by atoms with Gasteiger partial charge < -0.3 is 10.0 Å². The van der Waals surface area contributed by atoms with Crippen molar-refractivity contribution in [2.45, 2.75) is 19.8 Å². The number of hydrogen-bond acceptors (Lipinski definition) is 3. The SMILES string of the molecule is CC1=CC(N2CC(O)=C(C=S)C2=O)=CCC1. The van der Waals surface area contributed by atoms with Crippen molar-refractivity contribution < 1.29 is 9.90 Å². The third-order valence-electron chi connectivity index (χ3n) is 2.81. The van der Waals surface area contributed by atoms with Crippen LogP contribution in [-0.4, -0.2) is 27.8 Å². The van der Waals surface area contributed by atoms with E-state index in [0.29, 0.717) is 0 Å². The molecular formula is C12H13NO2S. The standard InChI is InChI=1S/C12H13NO2S/c1-8-3-2-4-9(5-8)13-6-11(14)10(7-16)12(13)15/h4-5,7,14H,2-3,6H2,1H3. The molecule has 0 saturated heterocycles. The summed E-state index contributed by atoms with van der Waals surface area (Å²) in [5.41, 5.74) is 2.36. The molecule has 0 unspecified atom stereocenters. The molecule has 4 heteroatoms. The van der Waals surface area contributed by atoms with Crippen LogP contribution in [0.25, 0.3) is 0 Å². The lowest BCUT2D eigenvalue weighted by Gasteiger charge is -2.20. The van der Waals surface area contributed by atoms with Gasteiger partial charge in [-0.15, -0.1) is 0 Å². The van der Waals surface area contributed by atoms with Crippen molar-refractivity contribution in [2.24, 2.45) is 0 Å². The fraction of sp³-hybridized carbons (Fsp3) is 0.333. The van der Waals surface area contributed by atoms with Gasteiger partial charge >= 0.3 is 0 Å². The summed E-state index contributed by atoms with van der Waals surface area (Å²) in [4.78, 5) is 13.5. The molecule has 1 N–H and O–H groups in total. The van der Waals surface area contributed by atoms with E-state index in [1.165, 1.54) is 10.9 Å². The Hall–Kier alpha value is -1.42. The fourth-order valence-corrected chi connectivity index (χ4v) is 2.16. The quantitative estimate of drug-likeness (QED) is 0.746. The van der Waals surface area contributed by atoms with Crippen LogP contribution in [0.5, 0.6) is 0 Å². The van der Waals surface area contributed by atoms with Crippen molar-refractivity contribution in [2.75, 3.05) is 6.54 Å². The van der Waals surface area contributed by atoms with Crippen LogP contribution in [0.15, 0.2) is 34.8 Å². The first-order valence-corrected chi connectivity index (χ1v) is 5.67. The van der Waals surface area contributed by atoms with Gasteiger partial charge in [0, 0.05) is 11.1 Å². The molecule has 1 aliphatic heterocycles. The van der Waals surface area contributed by atoms with Crippen molar-refractivity contribution in [1.82, 2.24) is 4.90 Å². The van der Waals surface area contributed by atoms with Crippen LogP contribution in [0.1, 0.15) is 19.8 Å². The molecule has 1 heterocycles. The Labute approximate surface area is 99.7 Å². The minimum atomic E-state index is -0.204. The molecule has 1 aliphatic carbocycles. The highest BCUT2D eigenvalue weighted by Gasteiger charge is 2.30. The van der Waals surface area contributed by atoms with Crippen molar-refractivity contribution in [1.29, 1.82) is 0 Å². The first-order valence-electron chi connectivity index (χ1n) is 5.20. The van der Waals surface area contributed by atoms with E-state index >= 15 is 0 Å². The number of carbonyl (C=O) groups is 1. The molecule has 1 amide bonds. The minimum Gasteiger partial charge on any atom is -0.510 e. The molecule has 0 aromatic heterocycles. The van der Waals surface area contributed by atoms with Crippen LogP contribution in [0, 0.1) is 0 Å². The number of hydrogen-bond donors (Lipinski definition) is 1. The number of thiocarbonyl (C=S) groups is 1. The van der Waals surface area contributed by atoms with Crippen LogP contribution < -0.4 is 0 Å². The summed E-state index contributed by atoms with van der Waals surface area (Å²) in [6, 6.07) is 0. The number of allylic oxidation sites excluding steroid dienone is 3. The summed E-state index contributed by atoms with van der Waals surface area (Å²) in [7, 11) is 0. The minimum absolute atomic E-state index is 0.0672. The number of rotatable bonds is 2. The van der Waals surface area contributed by atoms with Gasteiger partial charge in [-0.25, -0.2) is 0 Å². The maximum Gasteiger partial charge on any atom is 0.263 e. The summed E-state index contributed by atoms with van der Waals surface area (Å²) in [6.07, 6.45) is 5.98. The van der Waals surface area contributed by atoms with E-state index in [9.17, 15) is 9.90 Å². The predicted molar refractivity (Wildman–Crippen MR) is 66.1 cm³/mol. The van der Waals surface area contributed by atoms with Gasteiger partial charge in [0.25, 0.3) is 5.91 Å². The monoisotopic (exact) mass is 235 g/mol. The first-order chi connectivity index (χ1) is 7.63. The molecule has 16 heavy (non-hydrogen) atoms. The van der Waals surface area contributed by atoms with E-state index in [1.807, 2.05) is 19.1 Å². The van der Waals surface area contributed by atoms with E-state index in [-0.39, 0.29) is 23.8 Å². The highest BCUT2D eigenvalue weighted by Crippen LogP contribution is 2.25. The van der Waals surface area contributed by atoms with Crippen molar-refractivity contribution >= 4 is 23.5 Å². The molecule has 2 rings (SSSR count). The van der Waals surface area contributed by atoms with Crippen molar-refractivity contribution in [3.8, 4) is 0 Å². The molecule has 0 radical (unpaired) electrons. The predicted octanol–water partition coefficient (Wildman–Crippen LogP) is 2.26. The highest BCUT2D eigenvalue weighted by atomic mass is 32.1. The number of carbonyl (C=O) groups excluding carboxylic acids is 1. The molecule has 84 valence electrons. The Bertz CT molecular complexity index is 446. The van der Waals surface area contributed by atoms with Gasteiger partial charge in [-0.2, -0.15) is 0 Å². The lowest BCUT2D eigenvalue weighted by atomic mass is 10.0. The van der Waals surface area contributed by atoms with Gasteiger partial charge in [0.1, 0.15) is 5.76 Å². The van der Waals surface area contributed by atoms with Gasteiger partial charge in [-0.3, -0.25) is 4.79 Å². The van der Waals surface area contributed by atoms with E-state index < -0.39 is 0 Å².